The molecule has 0 heterocycles. The Bertz CT molecular complexity index is 782. The summed E-state index contributed by atoms with van der Waals surface area (Å²) in [6, 6.07) is 0. The summed E-state index contributed by atoms with van der Waals surface area (Å²) < 4.78 is 41.5. The Labute approximate surface area is 147 Å². The summed E-state index contributed by atoms with van der Waals surface area (Å²) in [5, 5.41) is 21.5. The van der Waals surface area contributed by atoms with Crippen LogP contribution in [0.3, 0.4) is 0 Å². The summed E-state index contributed by atoms with van der Waals surface area (Å²) in [6.07, 6.45) is 1.31. The van der Waals surface area contributed by atoms with Crippen molar-refractivity contribution in [2.75, 3.05) is 0 Å². The van der Waals surface area contributed by atoms with E-state index in [1.807, 2.05) is 0 Å². The van der Waals surface area contributed by atoms with Gasteiger partial charge in [0.05, 0.1) is 7.45 Å². The van der Waals surface area contributed by atoms with E-state index in [2.05, 4.69) is 19.8 Å². The molecule has 7 atom stereocenters. The Hall–Kier alpha value is -0.780. The van der Waals surface area contributed by atoms with Crippen LogP contribution in [0.4, 0.5) is 0 Å². The highest BCUT2D eigenvalue weighted by atomic mass is 16.3. The quantitative estimate of drug-likeness (QED) is 0.528. The van der Waals surface area contributed by atoms with Crippen molar-refractivity contribution >= 4 is 0 Å². The summed E-state index contributed by atoms with van der Waals surface area (Å²) in [7, 11) is 0. The van der Waals surface area contributed by atoms with Gasteiger partial charge in [0.25, 0.3) is 0 Å². The average molecular weight is 319 g/mol. The highest BCUT2D eigenvalue weighted by Gasteiger charge is 2.62. The number of allylic oxidation sites excluding steroid dienone is 1. The molecule has 2 heteroatoms. The molecule has 0 aromatic rings. The molecule has 0 spiro atoms. The van der Waals surface area contributed by atoms with E-state index < -0.39 is 24.4 Å². The molecule has 0 bridgehead atoms. The van der Waals surface area contributed by atoms with Gasteiger partial charge in [0.1, 0.15) is 5.60 Å². The number of hydrogen-bond donors (Lipinski definition) is 2. The molecule has 4 aliphatic carbocycles. The lowest BCUT2D eigenvalue weighted by molar-refractivity contribution is -0.0813. The normalized spacial score (nSPS) is 63.2. The Morgan fingerprint density at radius 3 is 2.91 bits per heavy atom. The number of aliphatic hydroxyl groups is 2. The maximum absolute atomic E-state index is 11.1. The molecule has 2 saturated carbocycles. The number of terminal acetylenes is 1. The van der Waals surface area contributed by atoms with Gasteiger partial charge in [0.15, 0.2) is 0 Å². The predicted molar refractivity (Wildman–Crippen MR) is 91.5 cm³/mol. The number of rotatable bonds is 0. The molecule has 2 fully saturated rings. The van der Waals surface area contributed by atoms with Crippen LogP contribution in [0.15, 0.2) is 11.1 Å². The van der Waals surface area contributed by atoms with Crippen LogP contribution < -0.4 is 0 Å². The monoisotopic (exact) mass is 319 g/mol. The van der Waals surface area contributed by atoms with E-state index in [1.54, 1.807) is 0 Å². The van der Waals surface area contributed by atoms with Crippen molar-refractivity contribution < 1.29 is 17.1 Å². The zero-order valence-electron chi connectivity index (χ0n) is 19.0. The Morgan fingerprint density at radius 1 is 1.39 bits per heavy atom. The Kier molecular flexibility index (Phi) is 2.43. The molecule has 23 heavy (non-hydrogen) atoms. The minimum Gasteiger partial charge on any atom is -0.393 e. The fourth-order valence-electron chi connectivity index (χ4n) is 6.20. The lowest BCUT2D eigenvalue weighted by Gasteiger charge is -2.55. The standard InChI is InChI=1S/C21H30O2/c1-4-21(23)10-8-18-19-13(2)11-14-12-15(22)5-6-16(14)17(19)7-9-20(18,21)3/h1,13,15,17-19,22-23H,5-12H2,2-3H3/t13-,15?,17-,18+,19-,20+,21+/m1/s1/i5D2,12D2,15D. The fourth-order valence-corrected chi connectivity index (χ4v) is 6.20. The summed E-state index contributed by atoms with van der Waals surface area (Å²) in [6.45, 7) is 4.17. The first-order valence-corrected chi connectivity index (χ1v) is 8.88. The molecule has 0 aromatic carbocycles. The van der Waals surface area contributed by atoms with Crippen LogP contribution in [0.5, 0.6) is 0 Å². The van der Waals surface area contributed by atoms with E-state index in [0.717, 1.165) is 24.8 Å². The van der Waals surface area contributed by atoms with Crippen LogP contribution in [0.25, 0.3) is 0 Å². The fraction of sp³-hybridized carbons (Fsp3) is 0.810. The molecule has 4 rings (SSSR count). The van der Waals surface area contributed by atoms with Gasteiger partial charge in [-0.2, -0.15) is 0 Å². The van der Waals surface area contributed by atoms with Crippen molar-refractivity contribution in [3.63, 3.8) is 0 Å². The number of hydrogen-bond acceptors (Lipinski definition) is 2. The Morgan fingerprint density at radius 2 is 2.17 bits per heavy atom. The summed E-state index contributed by atoms with van der Waals surface area (Å²) in [5.74, 6) is 3.23. The molecule has 4 aliphatic rings. The van der Waals surface area contributed by atoms with Gasteiger partial charge in [-0.15, -0.1) is 6.42 Å². The van der Waals surface area contributed by atoms with Crippen LogP contribution in [-0.2, 0) is 0 Å². The van der Waals surface area contributed by atoms with Crippen LogP contribution in [0.1, 0.15) is 72.0 Å². The molecule has 0 saturated heterocycles. The topological polar surface area (TPSA) is 40.5 Å². The maximum atomic E-state index is 11.1. The molecule has 1 unspecified atom stereocenters. The SMILES string of the molecule is [2H]C1([2H])CC2=C(C[C@@H](C)[C@@H]3[C@@H]2CC[C@@]2(C)[C@H]3CC[C@@]2(O)C#C)C([2H])([2H])C1([2H])O. The molecule has 2 N–H and O–H groups in total. The average Bonchev–Trinajstić information content (AvgIpc) is 2.87. The van der Waals surface area contributed by atoms with Gasteiger partial charge >= 0.3 is 0 Å². The summed E-state index contributed by atoms with van der Waals surface area (Å²) in [4.78, 5) is 0. The van der Waals surface area contributed by atoms with Gasteiger partial charge < -0.3 is 10.2 Å². The molecule has 0 radical (unpaired) electrons. The lowest BCUT2D eigenvalue weighted by Crippen LogP contribution is -2.52. The van der Waals surface area contributed by atoms with E-state index in [-0.39, 0.29) is 35.5 Å². The van der Waals surface area contributed by atoms with Crippen molar-refractivity contribution in [2.45, 2.75) is 76.8 Å². The van der Waals surface area contributed by atoms with Crippen molar-refractivity contribution in [2.24, 2.45) is 29.1 Å². The highest BCUT2D eigenvalue weighted by molar-refractivity contribution is 5.30. The minimum atomic E-state index is -2.80. The van der Waals surface area contributed by atoms with Crippen LogP contribution in [-0.4, -0.2) is 21.9 Å². The van der Waals surface area contributed by atoms with E-state index >= 15 is 0 Å². The zero-order valence-corrected chi connectivity index (χ0v) is 14.0. The van der Waals surface area contributed by atoms with E-state index in [1.165, 1.54) is 0 Å². The minimum absolute atomic E-state index is 0.0261. The molecule has 0 aliphatic heterocycles. The van der Waals surface area contributed by atoms with Gasteiger partial charge in [-0.25, -0.2) is 0 Å². The van der Waals surface area contributed by atoms with Gasteiger partial charge in [0, 0.05) is 10.9 Å². The Balaban J connectivity index is 1.80. The van der Waals surface area contributed by atoms with E-state index in [0.29, 0.717) is 18.4 Å². The second-order valence-corrected chi connectivity index (χ2v) is 8.30. The first-order valence-electron chi connectivity index (χ1n) is 11.4. The lowest BCUT2D eigenvalue weighted by atomic mass is 9.50. The van der Waals surface area contributed by atoms with Crippen LogP contribution >= 0.6 is 0 Å². The van der Waals surface area contributed by atoms with Gasteiger partial charge in [0.2, 0.25) is 0 Å². The van der Waals surface area contributed by atoms with E-state index in [4.69, 9.17) is 13.3 Å². The van der Waals surface area contributed by atoms with Gasteiger partial charge in [-0.3, -0.25) is 0 Å². The molecule has 2 nitrogen and oxygen atoms in total. The van der Waals surface area contributed by atoms with Gasteiger partial charge in [-0.05, 0) is 74.9 Å². The second-order valence-electron chi connectivity index (χ2n) is 8.30. The van der Waals surface area contributed by atoms with Crippen LogP contribution in [0, 0.1) is 41.4 Å². The summed E-state index contributed by atoms with van der Waals surface area (Å²) in [5.41, 5.74) is -0.289. The third kappa shape index (κ3) is 2.02. The van der Waals surface area contributed by atoms with Crippen molar-refractivity contribution in [3.8, 4) is 12.3 Å². The van der Waals surface area contributed by atoms with Crippen molar-refractivity contribution in [1.82, 2.24) is 0 Å². The highest BCUT2D eigenvalue weighted by Crippen LogP contribution is 2.65. The van der Waals surface area contributed by atoms with Crippen molar-refractivity contribution in [3.05, 3.63) is 11.1 Å². The first-order chi connectivity index (χ1) is 12.7. The smallest absolute Gasteiger partial charge is 0.130 e. The molecular weight excluding hydrogens is 284 g/mol. The molecule has 0 aromatic heterocycles. The molecular formula is C21H30O2. The first kappa shape index (κ1) is 11.0. The van der Waals surface area contributed by atoms with E-state index in [9.17, 15) is 10.2 Å². The third-order valence-electron chi connectivity index (χ3n) is 7.46. The maximum Gasteiger partial charge on any atom is 0.130 e. The van der Waals surface area contributed by atoms with Crippen molar-refractivity contribution in [1.29, 1.82) is 0 Å². The number of fused-ring (bicyclic) bond motifs is 4. The largest absolute Gasteiger partial charge is 0.393 e. The second kappa shape index (κ2) is 5.11. The van der Waals surface area contributed by atoms with Crippen LogP contribution in [0.2, 0.25) is 0 Å². The zero-order chi connectivity index (χ0) is 20.9. The molecule has 126 valence electrons. The predicted octanol–water partition coefficient (Wildman–Crippen LogP) is 3.67. The molecule has 0 amide bonds. The summed E-state index contributed by atoms with van der Waals surface area (Å²) >= 11 is 0. The third-order valence-corrected chi connectivity index (χ3v) is 7.46. The van der Waals surface area contributed by atoms with Gasteiger partial charge in [-0.1, -0.05) is 30.9 Å².